The molecule has 0 fully saturated rings. The molecule has 3 N–H and O–H groups in total. The molecule has 0 aromatic rings. The number of aliphatic hydroxyl groups is 2. The molecule has 0 aromatic carbocycles. The van der Waals surface area contributed by atoms with Crippen LogP contribution in [0, 0.1) is 0 Å². The SMILES string of the molecule is CNC(=O)C(O)C(C)O. The molecule has 0 rings (SSSR count). The van der Waals surface area contributed by atoms with E-state index in [9.17, 15) is 4.79 Å². The van der Waals surface area contributed by atoms with Crippen LogP contribution in [-0.2, 0) is 4.79 Å². The molecular formula is C5H11NO3. The van der Waals surface area contributed by atoms with Gasteiger partial charge in [0.2, 0.25) is 0 Å². The molecule has 0 saturated heterocycles. The predicted octanol–water partition coefficient (Wildman–Crippen LogP) is -1.53. The van der Waals surface area contributed by atoms with Crippen molar-refractivity contribution in [3.63, 3.8) is 0 Å². The summed E-state index contributed by atoms with van der Waals surface area (Å²) in [7, 11) is 1.40. The molecule has 0 bridgehead atoms. The summed E-state index contributed by atoms with van der Waals surface area (Å²) >= 11 is 0. The molecule has 0 heterocycles. The molecule has 0 aromatic heterocycles. The Labute approximate surface area is 53.5 Å². The van der Waals surface area contributed by atoms with Crippen molar-refractivity contribution >= 4 is 5.91 Å². The van der Waals surface area contributed by atoms with E-state index < -0.39 is 18.1 Å². The van der Waals surface area contributed by atoms with E-state index in [1.54, 1.807) is 0 Å². The summed E-state index contributed by atoms with van der Waals surface area (Å²) < 4.78 is 0. The zero-order valence-electron chi connectivity index (χ0n) is 5.46. The number of carbonyl (C=O) groups is 1. The summed E-state index contributed by atoms with van der Waals surface area (Å²) in [4.78, 5) is 10.4. The largest absolute Gasteiger partial charge is 0.390 e. The number of hydrogen-bond acceptors (Lipinski definition) is 3. The van der Waals surface area contributed by atoms with Gasteiger partial charge < -0.3 is 15.5 Å². The van der Waals surface area contributed by atoms with Gasteiger partial charge >= 0.3 is 0 Å². The molecule has 0 spiro atoms. The van der Waals surface area contributed by atoms with Crippen molar-refractivity contribution in [3.05, 3.63) is 0 Å². The summed E-state index contributed by atoms with van der Waals surface area (Å²) in [5.41, 5.74) is 0. The minimum absolute atomic E-state index is 0.565. The van der Waals surface area contributed by atoms with Gasteiger partial charge in [-0.15, -0.1) is 0 Å². The Morgan fingerprint density at radius 3 is 2.11 bits per heavy atom. The van der Waals surface area contributed by atoms with Crippen LogP contribution < -0.4 is 5.32 Å². The van der Waals surface area contributed by atoms with Crippen LogP contribution in [0.3, 0.4) is 0 Å². The molecule has 2 atom stereocenters. The third-order valence-corrected chi connectivity index (χ3v) is 0.972. The van der Waals surface area contributed by atoms with Gasteiger partial charge in [-0.3, -0.25) is 4.79 Å². The van der Waals surface area contributed by atoms with Crippen molar-refractivity contribution in [1.82, 2.24) is 5.32 Å². The van der Waals surface area contributed by atoms with Crippen molar-refractivity contribution in [2.75, 3.05) is 7.05 Å². The van der Waals surface area contributed by atoms with E-state index in [-0.39, 0.29) is 0 Å². The number of aliphatic hydroxyl groups excluding tert-OH is 2. The van der Waals surface area contributed by atoms with Gasteiger partial charge in [-0.05, 0) is 6.92 Å². The fraction of sp³-hybridized carbons (Fsp3) is 0.800. The highest BCUT2D eigenvalue weighted by atomic mass is 16.3. The smallest absolute Gasteiger partial charge is 0.251 e. The highest BCUT2D eigenvalue weighted by Crippen LogP contribution is 1.89. The molecule has 0 saturated carbocycles. The second-order valence-electron chi connectivity index (χ2n) is 1.80. The van der Waals surface area contributed by atoms with E-state index in [1.807, 2.05) is 0 Å². The topological polar surface area (TPSA) is 69.6 Å². The van der Waals surface area contributed by atoms with Crippen LogP contribution in [0.15, 0.2) is 0 Å². The van der Waals surface area contributed by atoms with E-state index in [4.69, 9.17) is 10.2 Å². The van der Waals surface area contributed by atoms with Crippen molar-refractivity contribution in [3.8, 4) is 0 Å². The Balaban J connectivity index is 3.72. The standard InChI is InChI=1S/C5H11NO3/c1-3(7)4(8)5(9)6-2/h3-4,7-8H,1-2H3,(H,6,9). The molecule has 2 unspecified atom stereocenters. The van der Waals surface area contributed by atoms with Crippen LogP contribution in [-0.4, -0.2) is 35.4 Å². The molecule has 0 aliphatic heterocycles. The molecule has 0 radical (unpaired) electrons. The first-order chi connectivity index (χ1) is 4.09. The summed E-state index contributed by atoms with van der Waals surface area (Å²) in [6, 6.07) is 0. The monoisotopic (exact) mass is 133 g/mol. The summed E-state index contributed by atoms with van der Waals surface area (Å²) in [5, 5.41) is 19.5. The maximum Gasteiger partial charge on any atom is 0.251 e. The van der Waals surface area contributed by atoms with Crippen LogP contribution in [0.25, 0.3) is 0 Å². The lowest BCUT2D eigenvalue weighted by Crippen LogP contribution is -2.39. The highest BCUT2D eigenvalue weighted by molar-refractivity contribution is 5.80. The lowest BCUT2D eigenvalue weighted by molar-refractivity contribution is -0.133. The number of likely N-dealkylation sites (N-methyl/N-ethyl adjacent to an activating group) is 1. The molecular weight excluding hydrogens is 122 g/mol. The average Bonchev–Trinajstić information content (AvgIpc) is 1.84. The summed E-state index contributed by atoms with van der Waals surface area (Å²) in [5.74, 6) is -0.565. The molecule has 0 aliphatic rings. The highest BCUT2D eigenvalue weighted by Gasteiger charge is 2.17. The van der Waals surface area contributed by atoms with Crippen LogP contribution in [0.4, 0.5) is 0 Å². The van der Waals surface area contributed by atoms with Crippen LogP contribution in [0.5, 0.6) is 0 Å². The molecule has 0 aliphatic carbocycles. The second kappa shape index (κ2) is 3.42. The third-order valence-electron chi connectivity index (χ3n) is 0.972. The quantitative estimate of drug-likeness (QED) is 0.428. The minimum atomic E-state index is -1.31. The van der Waals surface area contributed by atoms with Crippen molar-refractivity contribution in [1.29, 1.82) is 0 Å². The number of rotatable bonds is 2. The van der Waals surface area contributed by atoms with Gasteiger partial charge in [-0.1, -0.05) is 0 Å². The van der Waals surface area contributed by atoms with Gasteiger partial charge in [0.05, 0.1) is 6.10 Å². The number of amides is 1. The molecule has 9 heavy (non-hydrogen) atoms. The van der Waals surface area contributed by atoms with Crippen LogP contribution in [0.2, 0.25) is 0 Å². The summed E-state index contributed by atoms with van der Waals surface area (Å²) in [6.07, 6.45) is -2.32. The van der Waals surface area contributed by atoms with E-state index in [2.05, 4.69) is 5.32 Å². The van der Waals surface area contributed by atoms with E-state index in [1.165, 1.54) is 14.0 Å². The lowest BCUT2D eigenvalue weighted by Gasteiger charge is -2.10. The van der Waals surface area contributed by atoms with Crippen LogP contribution in [0.1, 0.15) is 6.92 Å². The van der Waals surface area contributed by atoms with Crippen molar-refractivity contribution in [2.45, 2.75) is 19.1 Å². The van der Waals surface area contributed by atoms with Crippen LogP contribution >= 0.6 is 0 Å². The zero-order valence-corrected chi connectivity index (χ0v) is 5.46. The zero-order chi connectivity index (χ0) is 7.44. The number of hydrogen-bond donors (Lipinski definition) is 3. The van der Waals surface area contributed by atoms with E-state index in [0.29, 0.717) is 0 Å². The normalized spacial score (nSPS) is 16.4. The van der Waals surface area contributed by atoms with Crippen molar-refractivity contribution < 1.29 is 15.0 Å². The maximum atomic E-state index is 10.4. The fourth-order valence-corrected chi connectivity index (χ4v) is 0.367. The number of nitrogens with one attached hydrogen (secondary N) is 1. The van der Waals surface area contributed by atoms with Gasteiger partial charge in [0.15, 0.2) is 6.10 Å². The van der Waals surface area contributed by atoms with E-state index >= 15 is 0 Å². The first-order valence-electron chi connectivity index (χ1n) is 2.67. The van der Waals surface area contributed by atoms with Gasteiger partial charge in [0.1, 0.15) is 0 Å². The Kier molecular flexibility index (Phi) is 3.19. The molecule has 4 heteroatoms. The van der Waals surface area contributed by atoms with Gasteiger partial charge in [0, 0.05) is 7.05 Å². The fourth-order valence-electron chi connectivity index (χ4n) is 0.367. The Hall–Kier alpha value is -0.610. The average molecular weight is 133 g/mol. The third kappa shape index (κ3) is 2.43. The van der Waals surface area contributed by atoms with Gasteiger partial charge in [0.25, 0.3) is 5.91 Å². The van der Waals surface area contributed by atoms with Gasteiger partial charge in [-0.25, -0.2) is 0 Å². The Morgan fingerprint density at radius 1 is 1.56 bits per heavy atom. The molecule has 1 amide bonds. The first kappa shape index (κ1) is 8.39. The Bertz CT molecular complexity index is 102. The second-order valence-corrected chi connectivity index (χ2v) is 1.80. The number of carbonyl (C=O) groups excluding carboxylic acids is 1. The van der Waals surface area contributed by atoms with Gasteiger partial charge in [-0.2, -0.15) is 0 Å². The lowest BCUT2D eigenvalue weighted by atomic mass is 10.2. The molecule has 4 nitrogen and oxygen atoms in total. The Morgan fingerprint density at radius 2 is 2.00 bits per heavy atom. The van der Waals surface area contributed by atoms with E-state index in [0.717, 1.165) is 0 Å². The van der Waals surface area contributed by atoms with Crippen molar-refractivity contribution in [2.24, 2.45) is 0 Å². The maximum absolute atomic E-state index is 10.4. The minimum Gasteiger partial charge on any atom is -0.390 e. The predicted molar refractivity (Wildman–Crippen MR) is 31.8 cm³/mol. The first-order valence-corrected chi connectivity index (χ1v) is 2.67. The molecule has 54 valence electrons. The summed E-state index contributed by atoms with van der Waals surface area (Å²) in [6.45, 7) is 1.35.